The smallest absolute Gasteiger partial charge is 0.317 e. The molecule has 80 valence electrons. The van der Waals surface area contributed by atoms with Gasteiger partial charge >= 0.3 is 6.01 Å². The van der Waals surface area contributed by atoms with Crippen molar-refractivity contribution in [3.63, 3.8) is 0 Å². The molecule has 5 heteroatoms. The molecular weight excluding hydrogens is 192 g/mol. The summed E-state index contributed by atoms with van der Waals surface area (Å²) >= 11 is 0. The first kappa shape index (κ1) is 11.4. The Hall–Kier alpha value is -1.67. The van der Waals surface area contributed by atoms with E-state index >= 15 is 0 Å². The molecule has 1 aromatic rings. The Morgan fingerprint density at radius 3 is 3.07 bits per heavy atom. The Balaban J connectivity index is 2.35. The summed E-state index contributed by atoms with van der Waals surface area (Å²) in [5.74, 6) is 0. The number of nitriles is 1. The molecule has 0 unspecified atom stereocenters. The van der Waals surface area contributed by atoms with E-state index in [4.69, 9.17) is 10.00 Å². The fraction of sp³-hybridized carbons (Fsp3) is 0.500. The number of hydrogen-bond acceptors (Lipinski definition) is 5. The quantitative estimate of drug-likeness (QED) is 0.719. The van der Waals surface area contributed by atoms with Gasteiger partial charge in [-0.15, -0.1) is 0 Å². The number of ether oxygens (including phenoxy) is 1. The highest BCUT2D eigenvalue weighted by Gasteiger charge is 1.99. The molecule has 0 aliphatic rings. The molecule has 0 aromatic carbocycles. The van der Waals surface area contributed by atoms with E-state index in [-0.39, 0.29) is 6.01 Å². The molecule has 0 aliphatic carbocycles. The van der Waals surface area contributed by atoms with Gasteiger partial charge in [0.1, 0.15) is 18.4 Å². The van der Waals surface area contributed by atoms with E-state index in [1.807, 2.05) is 6.07 Å². The van der Waals surface area contributed by atoms with Gasteiger partial charge in [-0.3, -0.25) is 0 Å². The van der Waals surface area contributed by atoms with E-state index in [0.29, 0.717) is 18.3 Å². The average molecular weight is 206 g/mol. The van der Waals surface area contributed by atoms with E-state index in [0.717, 1.165) is 6.54 Å². The van der Waals surface area contributed by atoms with Gasteiger partial charge in [-0.05, 0) is 6.07 Å². The van der Waals surface area contributed by atoms with Crippen molar-refractivity contribution in [2.45, 2.75) is 19.9 Å². The fourth-order valence-electron chi connectivity index (χ4n) is 0.963. The van der Waals surface area contributed by atoms with Crippen LogP contribution in [0.5, 0.6) is 6.01 Å². The molecule has 1 rings (SSSR count). The maximum atomic E-state index is 8.60. The Bertz CT molecular complexity index is 346. The molecule has 0 atom stereocenters. The third-order valence-electron chi connectivity index (χ3n) is 1.63. The first-order chi connectivity index (χ1) is 7.22. The number of nitrogens with zero attached hydrogens (tertiary/aromatic N) is 3. The van der Waals surface area contributed by atoms with Crippen LogP contribution in [0.3, 0.4) is 0 Å². The zero-order chi connectivity index (χ0) is 11.1. The highest BCUT2D eigenvalue weighted by molar-refractivity contribution is 5.19. The summed E-state index contributed by atoms with van der Waals surface area (Å²) in [6.07, 6.45) is 1.51. The predicted octanol–water partition coefficient (Wildman–Crippen LogP) is 0.725. The lowest BCUT2D eigenvalue weighted by molar-refractivity contribution is 0.285. The molecule has 0 aliphatic heterocycles. The Kier molecular flexibility index (Phi) is 4.51. The van der Waals surface area contributed by atoms with Crippen LogP contribution in [0.15, 0.2) is 12.3 Å². The third-order valence-corrected chi connectivity index (χ3v) is 1.63. The van der Waals surface area contributed by atoms with Crippen molar-refractivity contribution < 1.29 is 4.74 Å². The Morgan fingerprint density at radius 2 is 2.40 bits per heavy atom. The highest BCUT2D eigenvalue weighted by atomic mass is 16.5. The number of hydrogen-bond donors (Lipinski definition) is 1. The summed E-state index contributed by atoms with van der Waals surface area (Å²) in [7, 11) is 0. The Morgan fingerprint density at radius 1 is 1.60 bits per heavy atom. The topological polar surface area (TPSA) is 70.8 Å². The number of rotatable bonds is 5. The van der Waals surface area contributed by atoms with Crippen LogP contribution in [0.2, 0.25) is 0 Å². The molecule has 0 spiro atoms. The van der Waals surface area contributed by atoms with Crippen LogP contribution in [0.25, 0.3) is 0 Å². The average Bonchev–Trinajstić information content (AvgIpc) is 2.24. The first-order valence-electron chi connectivity index (χ1n) is 4.81. The zero-order valence-electron chi connectivity index (χ0n) is 8.90. The summed E-state index contributed by atoms with van der Waals surface area (Å²) in [5.41, 5.74) is 0.316. The van der Waals surface area contributed by atoms with Gasteiger partial charge in [-0.25, -0.2) is 4.98 Å². The van der Waals surface area contributed by atoms with Crippen LogP contribution in [-0.2, 0) is 0 Å². The standard InChI is InChI=1S/C10H14N4O/c1-8(2)12-5-6-15-10-13-4-3-9(7-11)14-10/h3-4,8,12H,5-6H2,1-2H3. The van der Waals surface area contributed by atoms with Crippen LogP contribution in [0, 0.1) is 11.3 Å². The molecule has 1 aromatic heterocycles. The van der Waals surface area contributed by atoms with Gasteiger partial charge in [-0.1, -0.05) is 13.8 Å². The minimum absolute atomic E-state index is 0.250. The maximum Gasteiger partial charge on any atom is 0.317 e. The molecule has 0 bridgehead atoms. The molecule has 15 heavy (non-hydrogen) atoms. The van der Waals surface area contributed by atoms with E-state index in [2.05, 4.69) is 29.1 Å². The maximum absolute atomic E-state index is 8.60. The molecule has 0 saturated heterocycles. The third kappa shape index (κ3) is 4.38. The molecule has 5 nitrogen and oxygen atoms in total. The number of aromatic nitrogens is 2. The van der Waals surface area contributed by atoms with Crippen molar-refractivity contribution in [2.24, 2.45) is 0 Å². The molecule has 1 N–H and O–H groups in total. The minimum atomic E-state index is 0.250. The summed E-state index contributed by atoms with van der Waals surface area (Å²) in [4.78, 5) is 7.78. The highest BCUT2D eigenvalue weighted by Crippen LogP contribution is 2.01. The fourth-order valence-corrected chi connectivity index (χ4v) is 0.963. The molecule has 0 amide bonds. The van der Waals surface area contributed by atoms with Gasteiger partial charge in [-0.2, -0.15) is 10.2 Å². The molecule has 0 radical (unpaired) electrons. The van der Waals surface area contributed by atoms with E-state index in [1.165, 1.54) is 6.20 Å². The zero-order valence-corrected chi connectivity index (χ0v) is 8.90. The first-order valence-corrected chi connectivity index (χ1v) is 4.81. The van der Waals surface area contributed by atoms with Crippen LogP contribution in [0.1, 0.15) is 19.5 Å². The lowest BCUT2D eigenvalue weighted by atomic mass is 10.4. The molecular formula is C10H14N4O. The summed E-state index contributed by atoms with van der Waals surface area (Å²) < 4.78 is 5.26. The van der Waals surface area contributed by atoms with Crippen LogP contribution < -0.4 is 10.1 Å². The largest absolute Gasteiger partial charge is 0.462 e. The van der Waals surface area contributed by atoms with E-state index in [1.54, 1.807) is 6.07 Å². The SMILES string of the molecule is CC(C)NCCOc1nccc(C#N)n1. The lowest BCUT2D eigenvalue weighted by Gasteiger charge is -2.08. The molecule has 1 heterocycles. The molecule has 0 saturated carbocycles. The van der Waals surface area contributed by atoms with Crippen molar-refractivity contribution in [3.05, 3.63) is 18.0 Å². The van der Waals surface area contributed by atoms with E-state index < -0.39 is 0 Å². The van der Waals surface area contributed by atoms with E-state index in [9.17, 15) is 0 Å². The van der Waals surface area contributed by atoms with Crippen molar-refractivity contribution in [1.29, 1.82) is 5.26 Å². The van der Waals surface area contributed by atoms with Gasteiger partial charge in [0.05, 0.1) is 0 Å². The van der Waals surface area contributed by atoms with Crippen molar-refractivity contribution >= 4 is 0 Å². The normalized spacial score (nSPS) is 10.0. The van der Waals surface area contributed by atoms with Crippen LogP contribution >= 0.6 is 0 Å². The number of nitrogens with one attached hydrogen (secondary N) is 1. The van der Waals surface area contributed by atoms with Crippen molar-refractivity contribution in [3.8, 4) is 12.1 Å². The molecule has 0 fully saturated rings. The van der Waals surface area contributed by atoms with Crippen molar-refractivity contribution in [1.82, 2.24) is 15.3 Å². The summed E-state index contributed by atoms with van der Waals surface area (Å²) in [5, 5.41) is 11.8. The Labute approximate surface area is 89.1 Å². The monoisotopic (exact) mass is 206 g/mol. The van der Waals surface area contributed by atoms with Crippen LogP contribution in [0.4, 0.5) is 0 Å². The minimum Gasteiger partial charge on any atom is -0.462 e. The second kappa shape index (κ2) is 5.94. The van der Waals surface area contributed by atoms with Gasteiger partial charge in [0.25, 0.3) is 0 Å². The summed E-state index contributed by atoms with van der Waals surface area (Å²) in [6.45, 7) is 5.35. The van der Waals surface area contributed by atoms with Crippen molar-refractivity contribution in [2.75, 3.05) is 13.2 Å². The van der Waals surface area contributed by atoms with Crippen LogP contribution in [-0.4, -0.2) is 29.2 Å². The van der Waals surface area contributed by atoms with Gasteiger partial charge < -0.3 is 10.1 Å². The lowest BCUT2D eigenvalue weighted by Crippen LogP contribution is -2.27. The second-order valence-electron chi connectivity index (χ2n) is 3.29. The second-order valence-corrected chi connectivity index (χ2v) is 3.29. The van der Waals surface area contributed by atoms with Gasteiger partial charge in [0.2, 0.25) is 0 Å². The van der Waals surface area contributed by atoms with Gasteiger partial charge in [0, 0.05) is 18.8 Å². The predicted molar refractivity (Wildman–Crippen MR) is 55.4 cm³/mol. The summed E-state index contributed by atoms with van der Waals surface area (Å²) in [6, 6.07) is 4.15. The van der Waals surface area contributed by atoms with Gasteiger partial charge in [0.15, 0.2) is 0 Å².